The Hall–Kier alpha value is -1.30. The monoisotopic (exact) mass is 353 g/mol. The zero-order valence-electron chi connectivity index (χ0n) is 12.0. The molecule has 3 heterocycles. The highest BCUT2D eigenvalue weighted by Crippen LogP contribution is 2.45. The summed E-state index contributed by atoms with van der Waals surface area (Å²) in [6.07, 6.45) is 3.08. The van der Waals surface area contributed by atoms with Gasteiger partial charge in [-0.15, -0.1) is 11.8 Å². The minimum atomic E-state index is -0.288. The van der Waals surface area contributed by atoms with Crippen LogP contribution in [-0.2, 0) is 4.79 Å². The smallest absolute Gasteiger partial charge is 0.239 e. The van der Waals surface area contributed by atoms with Crippen LogP contribution in [0.4, 0.5) is 5.82 Å². The number of hydrogen-bond donors (Lipinski definition) is 0. The number of carbonyl (C=O) groups excluding carboxylic acids is 1. The van der Waals surface area contributed by atoms with Gasteiger partial charge < -0.3 is 0 Å². The molecule has 1 unspecified atom stereocenters. The topological polar surface area (TPSA) is 46.1 Å². The van der Waals surface area contributed by atoms with Gasteiger partial charge in [-0.2, -0.15) is 0 Å². The van der Waals surface area contributed by atoms with Crippen LogP contribution in [0.2, 0.25) is 10.0 Å². The summed E-state index contributed by atoms with van der Waals surface area (Å²) in [7, 11) is 0. The molecule has 0 saturated carbocycles. The van der Waals surface area contributed by atoms with Gasteiger partial charge in [-0.05, 0) is 31.5 Å². The molecule has 1 atom stereocenters. The van der Waals surface area contributed by atoms with E-state index in [1.54, 1.807) is 17.3 Å². The summed E-state index contributed by atoms with van der Waals surface area (Å²) in [6, 6.07) is 3.87. The third-order valence-electron chi connectivity index (χ3n) is 3.34. The van der Waals surface area contributed by atoms with E-state index < -0.39 is 0 Å². The molecule has 0 aliphatic carbocycles. The maximum Gasteiger partial charge on any atom is 0.239 e. The molecule has 0 spiro atoms. The Morgan fingerprint density at radius 2 is 1.91 bits per heavy atom. The Morgan fingerprint density at radius 3 is 2.55 bits per heavy atom. The maximum absolute atomic E-state index is 12.4. The summed E-state index contributed by atoms with van der Waals surface area (Å²) in [5.74, 6) is 0.992. The number of anilines is 1. The van der Waals surface area contributed by atoms with Crippen LogP contribution in [0.1, 0.15) is 22.2 Å². The van der Waals surface area contributed by atoms with E-state index in [0.717, 1.165) is 11.3 Å². The molecule has 0 N–H and O–H groups in total. The highest BCUT2D eigenvalue weighted by atomic mass is 35.5. The van der Waals surface area contributed by atoms with E-state index in [2.05, 4.69) is 9.97 Å². The highest BCUT2D eigenvalue weighted by molar-refractivity contribution is 8.00. The molecule has 0 aromatic carbocycles. The van der Waals surface area contributed by atoms with Crippen LogP contribution >= 0.6 is 35.0 Å². The summed E-state index contributed by atoms with van der Waals surface area (Å²) in [4.78, 5) is 22.5. The molecule has 3 rings (SSSR count). The zero-order valence-corrected chi connectivity index (χ0v) is 14.3. The quantitative estimate of drug-likeness (QED) is 0.812. The van der Waals surface area contributed by atoms with Gasteiger partial charge in [0.2, 0.25) is 5.91 Å². The van der Waals surface area contributed by atoms with Gasteiger partial charge in [0.25, 0.3) is 0 Å². The van der Waals surface area contributed by atoms with Crippen LogP contribution < -0.4 is 4.90 Å². The van der Waals surface area contributed by atoms with Crippen LogP contribution in [0.5, 0.6) is 0 Å². The summed E-state index contributed by atoms with van der Waals surface area (Å²) < 4.78 is 0. The fraction of sp³-hybridized carbons (Fsp3) is 0.267. The van der Waals surface area contributed by atoms with Gasteiger partial charge in [-0.3, -0.25) is 14.7 Å². The summed E-state index contributed by atoms with van der Waals surface area (Å²) >= 11 is 14.0. The fourth-order valence-electron chi connectivity index (χ4n) is 2.49. The minimum absolute atomic E-state index is 0.00329. The molecule has 0 bridgehead atoms. The van der Waals surface area contributed by atoms with Gasteiger partial charge in [0.05, 0.1) is 15.8 Å². The molecule has 1 amide bonds. The Morgan fingerprint density at radius 1 is 1.23 bits per heavy atom. The molecular formula is C15H13Cl2N3OS. The largest absolute Gasteiger partial charge is 0.279 e. The summed E-state index contributed by atoms with van der Waals surface area (Å²) in [5, 5.41) is 0.618. The Bertz CT molecular complexity index is 713. The molecule has 114 valence electrons. The lowest BCUT2D eigenvalue weighted by molar-refractivity contribution is -0.115. The van der Waals surface area contributed by atoms with Crippen LogP contribution in [0, 0.1) is 13.8 Å². The van der Waals surface area contributed by atoms with Crippen molar-refractivity contribution in [3.8, 4) is 0 Å². The number of rotatable bonds is 2. The number of pyridine rings is 2. The van der Waals surface area contributed by atoms with Crippen molar-refractivity contribution in [2.45, 2.75) is 19.2 Å². The van der Waals surface area contributed by atoms with Crippen molar-refractivity contribution in [1.29, 1.82) is 0 Å². The first-order valence-corrected chi connectivity index (χ1v) is 8.45. The minimum Gasteiger partial charge on any atom is -0.279 e. The number of thioether (sulfide) groups is 1. The number of aryl methyl sites for hydroxylation is 2. The number of carbonyl (C=O) groups is 1. The molecule has 1 fully saturated rings. The van der Waals surface area contributed by atoms with Crippen molar-refractivity contribution in [2.75, 3.05) is 10.7 Å². The Balaban J connectivity index is 2.10. The van der Waals surface area contributed by atoms with Crippen molar-refractivity contribution in [1.82, 2.24) is 9.97 Å². The molecule has 7 heteroatoms. The molecule has 22 heavy (non-hydrogen) atoms. The average Bonchev–Trinajstić information content (AvgIpc) is 2.79. The van der Waals surface area contributed by atoms with Gasteiger partial charge in [-0.25, -0.2) is 4.98 Å². The second-order valence-electron chi connectivity index (χ2n) is 5.09. The number of hydrogen-bond acceptors (Lipinski definition) is 4. The van der Waals surface area contributed by atoms with Crippen molar-refractivity contribution in [2.24, 2.45) is 0 Å². The first kappa shape index (κ1) is 15.6. The maximum atomic E-state index is 12.4. The SMILES string of the molecule is Cc1cc(C)nc(N2C(=O)CSC2c2c(Cl)cncc2Cl)c1. The first-order chi connectivity index (χ1) is 10.5. The average molecular weight is 354 g/mol. The van der Waals surface area contributed by atoms with Gasteiger partial charge in [0.15, 0.2) is 0 Å². The Kier molecular flexibility index (Phi) is 4.30. The summed E-state index contributed by atoms with van der Waals surface area (Å²) in [6.45, 7) is 3.89. The first-order valence-electron chi connectivity index (χ1n) is 6.65. The van der Waals surface area contributed by atoms with Crippen molar-refractivity contribution in [3.05, 3.63) is 51.4 Å². The summed E-state index contributed by atoms with van der Waals surface area (Å²) in [5.41, 5.74) is 2.62. The fourth-order valence-corrected chi connectivity index (χ4v) is 4.42. The van der Waals surface area contributed by atoms with E-state index in [9.17, 15) is 4.79 Å². The second kappa shape index (κ2) is 6.07. The lowest BCUT2D eigenvalue weighted by atomic mass is 10.2. The number of nitrogens with zero attached hydrogens (tertiary/aromatic N) is 3. The van der Waals surface area contributed by atoms with Crippen molar-refractivity contribution < 1.29 is 4.79 Å². The molecule has 1 aliphatic rings. The molecular weight excluding hydrogens is 341 g/mol. The third kappa shape index (κ3) is 2.81. The number of halogens is 2. The van der Waals surface area contributed by atoms with Crippen LogP contribution in [0.15, 0.2) is 24.5 Å². The lowest BCUT2D eigenvalue weighted by Crippen LogP contribution is -2.29. The van der Waals surface area contributed by atoms with Gasteiger partial charge in [0.1, 0.15) is 11.2 Å². The zero-order chi connectivity index (χ0) is 15.9. The number of aromatic nitrogens is 2. The predicted octanol–water partition coefficient (Wildman–Crippen LogP) is 4.18. The van der Waals surface area contributed by atoms with Gasteiger partial charge in [0, 0.05) is 23.7 Å². The van der Waals surface area contributed by atoms with E-state index >= 15 is 0 Å². The van der Waals surface area contributed by atoms with Crippen LogP contribution in [0.25, 0.3) is 0 Å². The molecule has 2 aromatic heterocycles. The van der Waals surface area contributed by atoms with E-state index in [1.165, 1.54) is 11.8 Å². The van der Waals surface area contributed by atoms with E-state index in [4.69, 9.17) is 23.2 Å². The second-order valence-corrected chi connectivity index (χ2v) is 6.97. The molecule has 4 nitrogen and oxygen atoms in total. The van der Waals surface area contributed by atoms with Gasteiger partial charge >= 0.3 is 0 Å². The number of amides is 1. The van der Waals surface area contributed by atoms with E-state index in [0.29, 0.717) is 27.2 Å². The molecule has 0 radical (unpaired) electrons. The van der Waals surface area contributed by atoms with Crippen LogP contribution in [-0.4, -0.2) is 21.6 Å². The third-order valence-corrected chi connectivity index (χ3v) is 5.11. The highest BCUT2D eigenvalue weighted by Gasteiger charge is 2.37. The normalized spacial score (nSPS) is 18.1. The molecule has 1 aliphatic heterocycles. The van der Waals surface area contributed by atoms with Crippen molar-refractivity contribution in [3.63, 3.8) is 0 Å². The van der Waals surface area contributed by atoms with Gasteiger partial charge in [-0.1, -0.05) is 23.2 Å². The molecule has 2 aromatic rings. The standard InChI is InChI=1S/C15H13Cl2N3OS/c1-8-3-9(2)19-12(4-8)20-13(21)7-22-15(20)14-10(16)5-18-6-11(14)17/h3-6,15H,7H2,1-2H3. The molecule has 1 saturated heterocycles. The lowest BCUT2D eigenvalue weighted by Gasteiger charge is -2.25. The van der Waals surface area contributed by atoms with Crippen LogP contribution in [0.3, 0.4) is 0 Å². The van der Waals surface area contributed by atoms with E-state index in [1.807, 2.05) is 26.0 Å². The van der Waals surface area contributed by atoms with E-state index in [-0.39, 0.29) is 11.3 Å². The van der Waals surface area contributed by atoms with Crippen molar-refractivity contribution >= 4 is 46.7 Å². The predicted molar refractivity (Wildman–Crippen MR) is 90.7 cm³/mol. The Labute approximate surface area is 142 Å².